The first-order chi connectivity index (χ1) is 12.6. The number of methoxy groups -OCH3 is 1. The molecule has 4 nitrogen and oxygen atoms in total. The lowest BCUT2D eigenvalue weighted by molar-refractivity contribution is -0.121. The highest BCUT2D eigenvalue weighted by atomic mass is 35.5. The van der Waals surface area contributed by atoms with Crippen molar-refractivity contribution in [2.45, 2.75) is 31.8 Å². The Kier molecular flexibility index (Phi) is 6.17. The monoisotopic (exact) mass is 372 g/mol. The van der Waals surface area contributed by atoms with Gasteiger partial charge < -0.3 is 15.4 Å². The van der Waals surface area contributed by atoms with E-state index in [1.54, 1.807) is 7.11 Å². The van der Waals surface area contributed by atoms with Gasteiger partial charge in [0.15, 0.2) is 0 Å². The van der Waals surface area contributed by atoms with Crippen LogP contribution < -0.4 is 15.4 Å². The van der Waals surface area contributed by atoms with Crippen molar-refractivity contribution in [3.63, 3.8) is 0 Å². The second-order valence-corrected chi connectivity index (χ2v) is 7.25. The number of nitrogens with one attached hydrogen (secondary N) is 2. The topological polar surface area (TPSA) is 50.4 Å². The molecule has 1 saturated carbocycles. The first kappa shape index (κ1) is 18.7. The molecular weight excluding hydrogens is 348 g/mol. The summed E-state index contributed by atoms with van der Waals surface area (Å²) >= 11 is 5.91. The summed E-state index contributed by atoms with van der Waals surface area (Å²) in [5, 5.41) is 7.16. The van der Waals surface area contributed by atoms with Gasteiger partial charge in [-0.15, -0.1) is 0 Å². The highest BCUT2D eigenvalue weighted by Crippen LogP contribution is 2.41. The lowest BCUT2D eigenvalue weighted by Crippen LogP contribution is -2.37. The maximum atomic E-state index is 12.4. The molecule has 0 radical (unpaired) electrons. The van der Waals surface area contributed by atoms with Crippen molar-refractivity contribution < 1.29 is 9.53 Å². The Morgan fingerprint density at radius 1 is 1.12 bits per heavy atom. The van der Waals surface area contributed by atoms with Gasteiger partial charge in [-0.1, -0.05) is 35.9 Å². The molecule has 2 atom stereocenters. The van der Waals surface area contributed by atoms with Gasteiger partial charge in [-0.2, -0.15) is 0 Å². The highest BCUT2D eigenvalue weighted by molar-refractivity contribution is 6.30. The molecule has 1 aliphatic carbocycles. The van der Waals surface area contributed by atoms with Gasteiger partial charge in [0, 0.05) is 11.1 Å². The SMILES string of the molecule is COc1ccc(C(NCC(=O)NC(C)c2ccc(Cl)cc2)C2CC2)cc1. The number of benzene rings is 2. The Balaban J connectivity index is 1.55. The molecule has 138 valence electrons. The largest absolute Gasteiger partial charge is 0.497 e. The molecule has 2 unspecified atom stereocenters. The third-order valence-corrected chi connectivity index (χ3v) is 5.05. The molecule has 0 bridgehead atoms. The molecule has 0 saturated heterocycles. The summed E-state index contributed by atoms with van der Waals surface area (Å²) in [6.45, 7) is 2.27. The van der Waals surface area contributed by atoms with Crippen molar-refractivity contribution in [3.05, 3.63) is 64.7 Å². The maximum absolute atomic E-state index is 12.4. The van der Waals surface area contributed by atoms with Crippen molar-refractivity contribution in [1.29, 1.82) is 0 Å². The van der Waals surface area contributed by atoms with Crippen molar-refractivity contribution in [1.82, 2.24) is 10.6 Å². The van der Waals surface area contributed by atoms with Gasteiger partial charge >= 0.3 is 0 Å². The molecule has 0 aromatic heterocycles. The Bertz CT molecular complexity index is 727. The average molecular weight is 373 g/mol. The fraction of sp³-hybridized carbons (Fsp3) is 0.381. The summed E-state index contributed by atoms with van der Waals surface area (Å²) < 4.78 is 5.22. The van der Waals surface area contributed by atoms with Crippen LogP contribution >= 0.6 is 11.6 Å². The number of hydrogen-bond acceptors (Lipinski definition) is 3. The van der Waals surface area contributed by atoms with Crippen LogP contribution in [-0.2, 0) is 4.79 Å². The number of carbonyl (C=O) groups is 1. The van der Waals surface area contributed by atoms with Gasteiger partial charge in [0.05, 0.1) is 19.7 Å². The van der Waals surface area contributed by atoms with Crippen LogP contribution in [0.1, 0.15) is 43.0 Å². The summed E-state index contributed by atoms with van der Waals surface area (Å²) in [5.41, 5.74) is 2.24. The zero-order valence-electron chi connectivity index (χ0n) is 15.2. The molecule has 26 heavy (non-hydrogen) atoms. The Morgan fingerprint density at radius 2 is 1.73 bits per heavy atom. The molecule has 0 heterocycles. The van der Waals surface area contributed by atoms with Crippen molar-refractivity contribution >= 4 is 17.5 Å². The molecule has 5 heteroatoms. The van der Waals surface area contributed by atoms with E-state index in [0.29, 0.717) is 17.5 Å². The minimum Gasteiger partial charge on any atom is -0.497 e. The molecule has 1 aliphatic rings. The van der Waals surface area contributed by atoms with Gasteiger partial charge in [-0.3, -0.25) is 4.79 Å². The van der Waals surface area contributed by atoms with E-state index in [-0.39, 0.29) is 18.0 Å². The summed E-state index contributed by atoms with van der Waals surface area (Å²) in [6.07, 6.45) is 2.40. The van der Waals surface area contributed by atoms with Crippen LogP contribution in [0.2, 0.25) is 5.02 Å². The van der Waals surface area contributed by atoms with Gasteiger partial charge in [0.2, 0.25) is 5.91 Å². The van der Waals surface area contributed by atoms with Crippen LogP contribution in [0.3, 0.4) is 0 Å². The summed E-state index contributed by atoms with van der Waals surface area (Å²) in [6, 6.07) is 15.8. The minimum atomic E-state index is -0.0538. The quantitative estimate of drug-likeness (QED) is 0.727. The number of halogens is 1. The fourth-order valence-electron chi connectivity index (χ4n) is 3.13. The van der Waals surface area contributed by atoms with Crippen LogP contribution in [0.15, 0.2) is 48.5 Å². The predicted octanol–water partition coefficient (Wildman–Crippen LogP) is 4.27. The molecule has 1 amide bonds. The van der Waals surface area contributed by atoms with Gasteiger partial charge in [0.25, 0.3) is 0 Å². The van der Waals surface area contributed by atoms with Crippen LogP contribution in [0.5, 0.6) is 5.75 Å². The molecule has 2 aromatic rings. The van der Waals surface area contributed by atoms with Crippen LogP contribution in [0.25, 0.3) is 0 Å². The highest BCUT2D eigenvalue weighted by Gasteiger charge is 2.32. The lowest BCUT2D eigenvalue weighted by atomic mass is 10.0. The molecule has 0 aliphatic heterocycles. The summed E-state index contributed by atoms with van der Waals surface area (Å²) in [7, 11) is 1.66. The van der Waals surface area contributed by atoms with Gasteiger partial charge in [-0.25, -0.2) is 0 Å². The van der Waals surface area contributed by atoms with Crippen molar-refractivity contribution in [3.8, 4) is 5.75 Å². The smallest absolute Gasteiger partial charge is 0.234 e. The van der Waals surface area contributed by atoms with Crippen molar-refractivity contribution in [2.24, 2.45) is 5.92 Å². The van der Waals surface area contributed by atoms with Crippen LogP contribution in [0, 0.1) is 5.92 Å². The third-order valence-electron chi connectivity index (χ3n) is 4.80. The zero-order valence-corrected chi connectivity index (χ0v) is 15.9. The molecule has 2 aromatic carbocycles. The van der Waals surface area contributed by atoms with E-state index < -0.39 is 0 Å². The van der Waals surface area contributed by atoms with E-state index in [9.17, 15) is 4.79 Å². The number of carbonyl (C=O) groups excluding carboxylic acids is 1. The zero-order chi connectivity index (χ0) is 18.5. The van der Waals surface area contributed by atoms with E-state index in [1.807, 2.05) is 43.3 Å². The number of amides is 1. The summed E-state index contributed by atoms with van der Waals surface area (Å²) in [4.78, 5) is 12.4. The molecule has 2 N–H and O–H groups in total. The lowest BCUT2D eigenvalue weighted by Gasteiger charge is -2.20. The number of ether oxygens (including phenoxy) is 1. The summed E-state index contributed by atoms with van der Waals surface area (Å²) in [5.74, 6) is 1.44. The van der Waals surface area contributed by atoms with E-state index in [1.165, 1.54) is 18.4 Å². The first-order valence-corrected chi connectivity index (χ1v) is 9.37. The normalized spacial score (nSPS) is 16.0. The van der Waals surface area contributed by atoms with E-state index >= 15 is 0 Å². The van der Waals surface area contributed by atoms with Gasteiger partial charge in [-0.05, 0) is 61.1 Å². The standard InChI is InChI=1S/C21H25ClN2O2/c1-14(15-5-9-18(22)10-6-15)24-20(25)13-23-21(16-3-4-16)17-7-11-19(26-2)12-8-17/h5-12,14,16,21,23H,3-4,13H2,1-2H3,(H,24,25). The minimum absolute atomic E-state index is 0.00777. The Morgan fingerprint density at radius 3 is 2.31 bits per heavy atom. The van der Waals surface area contributed by atoms with Crippen molar-refractivity contribution in [2.75, 3.05) is 13.7 Å². The molecule has 3 rings (SSSR count). The number of hydrogen-bond donors (Lipinski definition) is 2. The average Bonchev–Trinajstić information content (AvgIpc) is 3.48. The number of rotatable bonds is 8. The molecule has 1 fully saturated rings. The maximum Gasteiger partial charge on any atom is 0.234 e. The van der Waals surface area contributed by atoms with E-state index in [4.69, 9.17) is 16.3 Å². The second kappa shape index (κ2) is 8.56. The van der Waals surface area contributed by atoms with E-state index in [0.717, 1.165) is 11.3 Å². The molecule has 0 spiro atoms. The third kappa shape index (κ3) is 4.99. The van der Waals surface area contributed by atoms with Crippen LogP contribution in [0.4, 0.5) is 0 Å². The molecular formula is C21H25ClN2O2. The Hall–Kier alpha value is -2.04. The fourth-order valence-corrected chi connectivity index (χ4v) is 3.25. The van der Waals surface area contributed by atoms with E-state index in [2.05, 4.69) is 22.8 Å². The Labute approximate surface area is 159 Å². The predicted molar refractivity (Wildman–Crippen MR) is 104 cm³/mol. The van der Waals surface area contributed by atoms with Gasteiger partial charge in [0.1, 0.15) is 5.75 Å². The van der Waals surface area contributed by atoms with Crippen LogP contribution in [-0.4, -0.2) is 19.6 Å². The first-order valence-electron chi connectivity index (χ1n) is 8.99. The second-order valence-electron chi connectivity index (χ2n) is 6.81.